The summed E-state index contributed by atoms with van der Waals surface area (Å²) in [7, 11) is 0. The number of carbonyl (C=O) groups excluding carboxylic acids is 1. The van der Waals surface area contributed by atoms with Crippen molar-refractivity contribution in [2.75, 3.05) is 10.7 Å². The first kappa shape index (κ1) is 12.2. The molecule has 20 heavy (non-hydrogen) atoms. The lowest BCUT2D eigenvalue weighted by Crippen LogP contribution is -2.35. The molecule has 2 aromatic rings. The summed E-state index contributed by atoms with van der Waals surface area (Å²) in [4.78, 5) is 16.4. The first-order valence-electron chi connectivity index (χ1n) is 6.30. The van der Waals surface area contributed by atoms with Crippen molar-refractivity contribution in [3.8, 4) is 0 Å². The largest absolute Gasteiger partial charge is 0.399 e. The summed E-state index contributed by atoms with van der Waals surface area (Å²) in [5, 5.41) is 1.51. The molecule has 0 aliphatic carbocycles. The summed E-state index contributed by atoms with van der Waals surface area (Å²) >= 11 is 0. The molecule has 0 bridgehead atoms. The van der Waals surface area contributed by atoms with Crippen molar-refractivity contribution in [1.82, 2.24) is 5.43 Å². The standard InChI is InChI=1S/C15H14N4O/c16-11-5-4-6-12(9-11)17-14-10-15(20)19(18-14)13-7-2-1-3-8-13/h1-9H,10,16H2,(H,17,18). The van der Waals surface area contributed by atoms with Gasteiger partial charge in [0.25, 0.3) is 5.91 Å². The van der Waals surface area contributed by atoms with E-state index in [0.29, 0.717) is 11.5 Å². The fourth-order valence-corrected chi connectivity index (χ4v) is 2.05. The molecule has 1 amide bonds. The van der Waals surface area contributed by atoms with Crippen LogP contribution in [0.15, 0.2) is 59.6 Å². The van der Waals surface area contributed by atoms with Crippen molar-refractivity contribution in [2.24, 2.45) is 4.99 Å². The zero-order chi connectivity index (χ0) is 13.9. The monoisotopic (exact) mass is 266 g/mol. The summed E-state index contributed by atoms with van der Waals surface area (Å²) in [6.45, 7) is 0. The average molecular weight is 266 g/mol. The summed E-state index contributed by atoms with van der Waals surface area (Å²) < 4.78 is 0. The van der Waals surface area contributed by atoms with Crippen molar-refractivity contribution < 1.29 is 4.79 Å². The minimum atomic E-state index is -0.0288. The summed E-state index contributed by atoms with van der Waals surface area (Å²) in [6, 6.07) is 16.7. The van der Waals surface area contributed by atoms with Gasteiger partial charge in [-0.1, -0.05) is 24.3 Å². The molecule has 0 spiro atoms. The number of anilines is 2. The van der Waals surface area contributed by atoms with Gasteiger partial charge in [-0.05, 0) is 30.3 Å². The Kier molecular flexibility index (Phi) is 3.09. The topological polar surface area (TPSA) is 70.7 Å². The number of nitrogens with zero attached hydrogens (tertiary/aromatic N) is 2. The fraction of sp³-hybridized carbons (Fsp3) is 0.0667. The number of nitrogen functional groups attached to an aromatic ring is 1. The minimum absolute atomic E-state index is 0.0288. The highest BCUT2D eigenvalue weighted by Crippen LogP contribution is 2.20. The first-order chi connectivity index (χ1) is 9.72. The van der Waals surface area contributed by atoms with Gasteiger partial charge in [0, 0.05) is 5.69 Å². The lowest BCUT2D eigenvalue weighted by Gasteiger charge is -2.15. The van der Waals surface area contributed by atoms with Crippen molar-refractivity contribution >= 4 is 28.8 Å². The second kappa shape index (κ2) is 5.05. The third kappa shape index (κ3) is 2.47. The Balaban J connectivity index is 1.83. The van der Waals surface area contributed by atoms with Gasteiger partial charge < -0.3 is 5.73 Å². The third-order valence-corrected chi connectivity index (χ3v) is 2.96. The Hall–Kier alpha value is -2.82. The number of hydrogen-bond acceptors (Lipinski definition) is 3. The van der Waals surface area contributed by atoms with E-state index in [2.05, 4.69) is 10.4 Å². The SMILES string of the molecule is Nc1cccc(N=C2CC(=O)N(c3ccccc3)N2)c1. The van der Waals surface area contributed by atoms with Crippen LogP contribution in [-0.2, 0) is 4.79 Å². The van der Waals surface area contributed by atoms with Gasteiger partial charge in [0.1, 0.15) is 5.84 Å². The van der Waals surface area contributed by atoms with Crippen LogP contribution < -0.4 is 16.2 Å². The van der Waals surface area contributed by atoms with Crippen LogP contribution in [0.5, 0.6) is 0 Å². The lowest BCUT2D eigenvalue weighted by molar-refractivity contribution is -0.116. The molecule has 5 heteroatoms. The van der Waals surface area contributed by atoms with Crippen molar-refractivity contribution in [1.29, 1.82) is 0 Å². The van der Waals surface area contributed by atoms with Crippen LogP contribution in [0.2, 0.25) is 0 Å². The molecule has 3 N–H and O–H groups in total. The van der Waals surface area contributed by atoms with E-state index in [0.717, 1.165) is 11.4 Å². The van der Waals surface area contributed by atoms with E-state index in [1.54, 1.807) is 12.1 Å². The Labute approximate surface area is 116 Å². The van der Waals surface area contributed by atoms with E-state index in [-0.39, 0.29) is 12.3 Å². The van der Waals surface area contributed by atoms with E-state index < -0.39 is 0 Å². The van der Waals surface area contributed by atoms with E-state index >= 15 is 0 Å². The van der Waals surface area contributed by atoms with Crippen LogP contribution in [0.3, 0.4) is 0 Å². The van der Waals surface area contributed by atoms with Gasteiger partial charge in [0.15, 0.2) is 0 Å². The molecule has 0 unspecified atom stereocenters. The maximum absolute atomic E-state index is 12.0. The molecular formula is C15H14N4O. The maximum atomic E-state index is 12.0. The fourth-order valence-electron chi connectivity index (χ4n) is 2.05. The summed E-state index contributed by atoms with van der Waals surface area (Å²) in [5.74, 6) is 0.586. The molecule has 1 fully saturated rings. The number of hydrazine groups is 1. The van der Waals surface area contributed by atoms with Crippen LogP contribution in [0.4, 0.5) is 17.1 Å². The zero-order valence-electron chi connectivity index (χ0n) is 10.8. The Bertz CT molecular complexity index is 667. The minimum Gasteiger partial charge on any atom is -0.399 e. The first-order valence-corrected chi connectivity index (χ1v) is 6.30. The molecular weight excluding hydrogens is 252 g/mol. The van der Waals surface area contributed by atoms with Gasteiger partial charge in [-0.2, -0.15) is 0 Å². The van der Waals surface area contributed by atoms with Crippen LogP contribution in [-0.4, -0.2) is 11.7 Å². The number of nitrogens with one attached hydrogen (secondary N) is 1. The predicted octanol–water partition coefficient (Wildman–Crippen LogP) is 2.24. The Morgan fingerprint density at radius 1 is 1.10 bits per heavy atom. The maximum Gasteiger partial charge on any atom is 0.253 e. The number of carbonyl (C=O) groups is 1. The molecule has 0 atom stereocenters. The van der Waals surface area contributed by atoms with Crippen LogP contribution >= 0.6 is 0 Å². The number of benzene rings is 2. The highest BCUT2D eigenvalue weighted by molar-refractivity contribution is 6.14. The highest BCUT2D eigenvalue weighted by atomic mass is 16.2. The third-order valence-electron chi connectivity index (χ3n) is 2.96. The van der Waals surface area contributed by atoms with Gasteiger partial charge in [-0.25, -0.2) is 10.0 Å². The number of rotatable bonds is 2. The normalized spacial score (nSPS) is 16.5. The van der Waals surface area contributed by atoms with Crippen molar-refractivity contribution in [3.63, 3.8) is 0 Å². The second-order valence-electron chi connectivity index (χ2n) is 4.51. The van der Waals surface area contributed by atoms with Gasteiger partial charge >= 0.3 is 0 Å². The number of amides is 1. The Morgan fingerprint density at radius 3 is 2.65 bits per heavy atom. The molecule has 0 aromatic heterocycles. The van der Waals surface area contributed by atoms with E-state index in [1.165, 1.54) is 5.01 Å². The number of aliphatic imine (C=N–C) groups is 1. The second-order valence-corrected chi connectivity index (χ2v) is 4.51. The van der Waals surface area contributed by atoms with E-state index in [4.69, 9.17) is 5.73 Å². The van der Waals surface area contributed by atoms with Gasteiger partial charge in [-0.3, -0.25) is 10.2 Å². The van der Waals surface area contributed by atoms with E-state index in [1.807, 2.05) is 42.5 Å². The molecule has 2 aromatic carbocycles. The Morgan fingerprint density at radius 2 is 1.90 bits per heavy atom. The highest BCUT2D eigenvalue weighted by Gasteiger charge is 2.26. The smallest absolute Gasteiger partial charge is 0.253 e. The van der Waals surface area contributed by atoms with Gasteiger partial charge in [0.05, 0.1) is 17.8 Å². The summed E-state index contributed by atoms with van der Waals surface area (Å²) in [5.41, 5.74) is 10.9. The van der Waals surface area contributed by atoms with Crippen LogP contribution in [0, 0.1) is 0 Å². The van der Waals surface area contributed by atoms with E-state index in [9.17, 15) is 4.79 Å². The van der Waals surface area contributed by atoms with Gasteiger partial charge in [0.2, 0.25) is 0 Å². The molecule has 0 saturated carbocycles. The molecule has 100 valence electrons. The molecule has 0 radical (unpaired) electrons. The molecule has 1 heterocycles. The number of hydrogen-bond donors (Lipinski definition) is 2. The molecule has 1 aliphatic heterocycles. The van der Waals surface area contributed by atoms with Crippen LogP contribution in [0.1, 0.15) is 6.42 Å². The lowest BCUT2D eigenvalue weighted by atomic mass is 10.3. The van der Waals surface area contributed by atoms with Crippen LogP contribution in [0.25, 0.3) is 0 Å². The summed E-state index contributed by atoms with van der Waals surface area (Å²) in [6.07, 6.45) is 0.254. The average Bonchev–Trinajstić information content (AvgIpc) is 2.80. The molecule has 3 rings (SSSR count). The number of amidine groups is 1. The number of nitrogens with two attached hydrogens (primary N) is 1. The molecule has 1 saturated heterocycles. The van der Waals surface area contributed by atoms with Crippen molar-refractivity contribution in [3.05, 3.63) is 54.6 Å². The molecule has 1 aliphatic rings. The van der Waals surface area contributed by atoms with Gasteiger partial charge in [-0.15, -0.1) is 0 Å². The molecule has 5 nitrogen and oxygen atoms in total. The number of para-hydroxylation sites is 1. The zero-order valence-corrected chi connectivity index (χ0v) is 10.8. The predicted molar refractivity (Wildman–Crippen MR) is 79.6 cm³/mol. The van der Waals surface area contributed by atoms with Crippen molar-refractivity contribution in [2.45, 2.75) is 6.42 Å². The quantitative estimate of drug-likeness (QED) is 0.819.